The van der Waals surface area contributed by atoms with Gasteiger partial charge in [0, 0.05) is 24.7 Å². The number of nitrogens with zero attached hydrogens (tertiary/aromatic N) is 1. The highest BCUT2D eigenvalue weighted by atomic mass is 16.3. The summed E-state index contributed by atoms with van der Waals surface area (Å²) in [5.41, 5.74) is 0.847. The maximum Gasteiger partial charge on any atom is 0.287 e. The lowest BCUT2D eigenvalue weighted by molar-refractivity contribution is -0.127. The van der Waals surface area contributed by atoms with E-state index in [0.717, 1.165) is 24.2 Å². The molecular formula is C15H20N2O3. The number of carbonyl (C=O) groups excluding carboxylic acids is 2. The number of piperidine rings is 1. The van der Waals surface area contributed by atoms with Crippen LogP contribution < -0.4 is 5.32 Å². The topological polar surface area (TPSA) is 62.6 Å². The number of likely N-dealkylation sites (tertiary alicyclic amines) is 1. The van der Waals surface area contributed by atoms with Gasteiger partial charge in [0.1, 0.15) is 5.76 Å². The van der Waals surface area contributed by atoms with Crippen LogP contribution in [0.3, 0.4) is 0 Å². The van der Waals surface area contributed by atoms with Crippen molar-refractivity contribution in [3.63, 3.8) is 0 Å². The number of rotatable bonds is 3. The molecule has 1 aliphatic rings. The molecule has 108 valence electrons. The Kier molecular flexibility index (Phi) is 4.27. The van der Waals surface area contributed by atoms with Crippen LogP contribution in [0.25, 0.3) is 0 Å². The van der Waals surface area contributed by atoms with Gasteiger partial charge < -0.3 is 14.6 Å². The standard InChI is InChI=1S/C15H20N2O3/c1-4-13(18)17-7-5-12(6-8-17)16-15(19)14-10(2)9-11(3)20-14/h4,9,12H,1,5-8H2,2-3H3,(H,16,19). The van der Waals surface area contributed by atoms with E-state index in [1.54, 1.807) is 4.90 Å². The zero-order chi connectivity index (χ0) is 14.7. The lowest BCUT2D eigenvalue weighted by atomic mass is 10.0. The van der Waals surface area contributed by atoms with Crippen LogP contribution in [0.5, 0.6) is 0 Å². The average Bonchev–Trinajstić information content (AvgIpc) is 2.78. The summed E-state index contributed by atoms with van der Waals surface area (Å²) in [6.45, 7) is 8.45. The highest BCUT2D eigenvalue weighted by Crippen LogP contribution is 2.16. The molecule has 2 amide bonds. The van der Waals surface area contributed by atoms with Crippen LogP contribution in [-0.4, -0.2) is 35.8 Å². The van der Waals surface area contributed by atoms with E-state index in [4.69, 9.17) is 4.42 Å². The van der Waals surface area contributed by atoms with E-state index in [2.05, 4.69) is 11.9 Å². The first-order valence-corrected chi connectivity index (χ1v) is 6.80. The predicted molar refractivity (Wildman–Crippen MR) is 75.4 cm³/mol. The van der Waals surface area contributed by atoms with Gasteiger partial charge in [0.15, 0.2) is 5.76 Å². The van der Waals surface area contributed by atoms with E-state index in [1.807, 2.05) is 19.9 Å². The summed E-state index contributed by atoms with van der Waals surface area (Å²) in [5.74, 6) is 0.891. The number of hydrogen-bond acceptors (Lipinski definition) is 3. The van der Waals surface area contributed by atoms with Crippen molar-refractivity contribution in [2.45, 2.75) is 32.7 Å². The zero-order valence-electron chi connectivity index (χ0n) is 11.9. The van der Waals surface area contributed by atoms with Crippen LogP contribution in [0, 0.1) is 13.8 Å². The highest BCUT2D eigenvalue weighted by molar-refractivity contribution is 5.93. The Morgan fingerprint density at radius 3 is 2.55 bits per heavy atom. The Morgan fingerprint density at radius 1 is 1.40 bits per heavy atom. The summed E-state index contributed by atoms with van der Waals surface area (Å²) in [7, 11) is 0. The Morgan fingerprint density at radius 2 is 2.05 bits per heavy atom. The molecule has 1 aliphatic heterocycles. The van der Waals surface area contributed by atoms with Gasteiger partial charge in [-0.15, -0.1) is 0 Å². The number of nitrogens with one attached hydrogen (secondary N) is 1. The summed E-state index contributed by atoms with van der Waals surface area (Å²) in [5, 5.41) is 2.97. The van der Waals surface area contributed by atoms with Crippen molar-refractivity contribution >= 4 is 11.8 Å². The molecule has 1 aromatic rings. The van der Waals surface area contributed by atoms with Crippen LogP contribution in [0.2, 0.25) is 0 Å². The average molecular weight is 276 g/mol. The van der Waals surface area contributed by atoms with Crippen molar-refractivity contribution in [2.24, 2.45) is 0 Å². The predicted octanol–water partition coefficient (Wildman–Crippen LogP) is 1.80. The maximum absolute atomic E-state index is 12.1. The second-order valence-electron chi connectivity index (χ2n) is 5.15. The first-order valence-electron chi connectivity index (χ1n) is 6.80. The zero-order valence-corrected chi connectivity index (χ0v) is 11.9. The third kappa shape index (κ3) is 3.10. The molecule has 0 aromatic carbocycles. The highest BCUT2D eigenvalue weighted by Gasteiger charge is 2.24. The largest absolute Gasteiger partial charge is 0.456 e. The molecule has 1 aromatic heterocycles. The molecule has 1 fully saturated rings. The Labute approximate surface area is 118 Å². The Bertz CT molecular complexity index is 525. The van der Waals surface area contributed by atoms with Gasteiger partial charge in [-0.3, -0.25) is 9.59 Å². The van der Waals surface area contributed by atoms with E-state index in [0.29, 0.717) is 18.8 Å². The fourth-order valence-corrected chi connectivity index (χ4v) is 2.49. The van der Waals surface area contributed by atoms with Gasteiger partial charge in [0.05, 0.1) is 0 Å². The van der Waals surface area contributed by atoms with Crippen LogP contribution in [0.1, 0.15) is 34.7 Å². The molecule has 0 radical (unpaired) electrons. The molecule has 0 bridgehead atoms. The second-order valence-corrected chi connectivity index (χ2v) is 5.15. The Balaban J connectivity index is 1.89. The van der Waals surface area contributed by atoms with Crippen molar-refractivity contribution < 1.29 is 14.0 Å². The monoisotopic (exact) mass is 276 g/mol. The van der Waals surface area contributed by atoms with Crippen molar-refractivity contribution in [2.75, 3.05) is 13.1 Å². The molecule has 0 spiro atoms. The van der Waals surface area contributed by atoms with Crippen molar-refractivity contribution in [3.8, 4) is 0 Å². The lowest BCUT2D eigenvalue weighted by Gasteiger charge is -2.31. The molecule has 0 aliphatic carbocycles. The summed E-state index contributed by atoms with van der Waals surface area (Å²) in [6, 6.07) is 1.93. The second kappa shape index (κ2) is 5.94. The van der Waals surface area contributed by atoms with E-state index >= 15 is 0 Å². The molecule has 1 saturated heterocycles. The number of carbonyl (C=O) groups is 2. The van der Waals surface area contributed by atoms with Gasteiger partial charge in [-0.25, -0.2) is 0 Å². The molecular weight excluding hydrogens is 256 g/mol. The van der Waals surface area contributed by atoms with E-state index in [-0.39, 0.29) is 17.9 Å². The third-order valence-corrected chi connectivity index (χ3v) is 3.56. The first-order chi connectivity index (χ1) is 9.51. The molecule has 5 heteroatoms. The third-order valence-electron chi connectivity index (χ3n) is 3.56. The maximum atomic E-state index is 12.1. The van der Waals surface area contributed by atoms with Crippen molar-refractivity contribution in [3.05, 3.63) is 35.8 Å². The minimum absolute atomic E-state index is 0.0488. The van der Waals surface area contributed by atoms with Crippen LogP contribution >= 0.6 is 0 Å². The molecule has 0 saturated carbocycles. The van der Waals surface area contributed by atoms with Gasteiger partial charge in [-0.05, 0) is 38.8 Å². The fourth-order valence-electron chi connectivity index (χ4n) is 2.49. The molecule has 5 nitrogen and oxygen atoms in total. The van der Waals surface area contributed by atoms with E-state index < -0.39 is 0 Å². The summed E-state index contributed by atoms with van der Waals surface area (Å²) in [4.78, 5) is 25.3. The minimum atomic E-state index is -0.177. The lowest BCUT2D eigenvalue weighted by Crippen LogP contribution is -2.46. The van der Waals surface area contributed by atoms with Gasteiger partial charge in [-0.1, -0.05) is 6.58 Å². The molecule has 2 rings (SSSR count). The molecule has 1 N–H and O–H groups in total. The molecule has 20 heavy (non-hydrogen) atoms. The van der Waals surface area contributed by atoms with Crippen molar-refractivity contribution in [1.29, 1.82) is 0 Å². The first kappa shape index (κ1) is 14.4. The summed E-state index contributed by atoms with van der Waals surface area (Å²) >= 11 is 0. The van der Waals surface area contributed by atoms with Gasteiger partial charge in [-0.2, -0.15) is 0 Å². The van der Waals surface area contributed by atoms with Gasteiger partial charge in [0.25, 0.3) is 5.91 Å². The number of hydrogen-bond donors (Lipinski definition) is 1. The van der Waals surface area contributed by atoms with E-state index in [1.165, 1.54) is 6.08 Å². The normalized spacial score (nSPS) is 16.0. The molecule has 2 heterocycles. The van der Waals surface area contributed by atoms with Gasteiger partial charge >= 0.3 is 0 Å². The Hall–Kier alpha value is -2.04. The summed E-state index contributed by atoms with van der Waals surface area (Å²) in [6.07, 6.45) is 2.84. The van der Waals surface area contributed by atoms with Crippen LogP contribution in [0.15, 0.2) is 23.1 Å². The molecule has 0 atom stereocenters. The van der Waals surface area contributed by atoms with Crippen molar-refractivity contribution in [1.82, 2.24) is 10.2 Å². The van der Waals surface area contributed by atoms with Crippen LogP contribution in [0.4, 0.5) is 0 Å². The smallest absolute Gasteiger partial charge is 0.287 e. The SMILES string of the molecule is C=CC(=O)N1CCC(NC(=O)c2oc(C)cc2C)CC1. The van der Waals surface area contributed by atoms with Gasteiger partial charge in [0.2, 0.25) is 5.91 Å². The van der Waals surface area contributed by atoms with Crippen LogP contribution in [-0.2, 0) is 4.79 Å². The summed E-state index contributed by atoms with van der Waals surface area (Å²) < 4.78 is 5.40. The van der Waals surface area contributed by atoms with E-state index in [9.17, 15) is 9.59 Å². The fraction of sp³-hybridized carbons (Fsp3) is 0.467. The number of amides is 2. The number of aryl methyl sites for hydroxylation is 2. The molecule has 0 unspecified atom stereocenters. The number of furan rings is 1. The quantitative estimate of drug-likeness (QED) is 0.856. The minimum Gasteiger partial charge on any atom is -0.456 e.